The molecule has 2 amide bonds. The summed E-state index contributed by atoms with van der Waals surface area (Å²) in [6.07, 6.45) is 1.17. The van der Waals surface area contributed by atoms with Gasteiger partial charge in [0.25, 0.3) is 5.91 Å². The molecular formula is C13H14ClN3O2. The Kier molecular flexibility index (Phi) is 4.29. The van der Waals surface area contributed by atoms with E-state index in [2.05, 4.69) is 10.3 Å². The molecule has 1 aromatic rings. The van der Waals surface area contributed by atoms with Crippen molar-refractivity contribution < 1.29 is 9.59 Å². The van der Waals surface area contributed by atoms with E-state index in [0.717, 1.165) is 0 Å². The molecule has 3 N–H and O–H groups in total. The van der Waals surface area contributed by atoms with Gasteiger partial charge in [-0.3, -0.25) is 9.59 Å². The number of nitrogens with zero attached hydrogens (tertiary/aromatic N) is 1. The maximum absolute atomic E-state index is 12.0. The Balaban J connectivity index is 2.22. The number of nitrogens with one attached hydrogen (secondary N) is 1. The summed E-state index contributed by atoms with van der Waals surface area (Å²) in [6.45, 7) is 0.487. The highest BCUT2D eigenvalue weighted by Crippen LogP contribution is 2.23. The minimum absolute atomic E-state index is 0.366. The Morgan fingerprint density at radius 2 is 2.16 bits per heavy atom. The van der Waals surface area contributed by atoms with E-state index in [1.807, 2.05) is 0 Å². The molecule has 19 heavy (non-hydrogen) atoms. The number of amides is 2. The lowest BCUT2D eigenvalue weighted by Crippen LogP contribution is -2.42. The molecule has 0 fully saturated rings. The fourth-order valence-corrected chi connectivity index (χ4v) is 2.12. The molecule has 1 aliphatic heterocycles. The van der Waals surface area contributed by atoms with Gasteiger partial charge in [0.05, 0.1) is 0 Å². The molecule has 0 bridgehead atoms. The molecule has 1 heterocycles. The van der Waals surface area contributed by atoms with Gasteiger partial charge in [-0.15, -0.1) is 0 Å². The highest BCUT2D eigenvalue weighted by Gasteiger charge is 2.33. The number of benzene rings is 1. The molecule has 100 valence electrons. The Labute approximate surface area is 115 Å². The number of rotatable bonds is 4. The minimum Gasteiger partial charge on any atom is -0.330 e. The van der Waals surface area contributed by atoms with Gasteiger partial charge in [-0.2, -0.15) is 4.99 Å². The normalized spacial score (nSPS) is 19.1. The van der Waals surface area contributed by atoms with Crippen molar-refractivity contribution in [2.45, 2.75) is 18.8 Å². The maximum atomic E-state index is 12.0. The number of aliphatic imine (C=N–C) groups is 1. The minimum atomic E-state index is -0.916. The number of halogens is 1. The molecule has 6 heteroatoms. The van der Waals surface area contributed by atoms with Crippen LogP contribution in [0.3, 0.4) is 0 Å². The lowest BCUT2D eigenvalue weighted by molar-refractivity contribution is -0.129. The van der Waals surface area contributed by atoms with Crippen LogP contribution in [0.2, 0.25) is 5.02 Å². The van der Waals surface area contributed by atoms with E-state index < -0.39 is 11.8 Å². The highest BCUT2D eigenvalue weighted by molar-refractivity contribution is 6.30. The molecular weight excluding hydrogens is 266 g/mol. The molecule has 1 unspecified atom stereocenters. The van der Waals surface area contributed by atoms with Crippen molar-refractivity contribution in [3.63, 3.8) is 0 Å². The number of hydrogen-bond acceptors (Lipinski definition) is 3. The SMILES string of the molecule is NCCCC1=NC(=O)C(c2cccc(Cl)c2)C(=O)N1. The van der Waals surface area contributed by atoms with Crippen molar-refractivity contribution >= 4 is 29.3 Å². The van der Waals surface area contributed by atoms with Crippen LogP contribution in [0, 0.1) is 0 Å². The monoisotopic (exact) mass is 279 g/mol. The Bertz CT molecular complexity index is 542. The molecule has 0 aromatic heterocycles. The number of amidine groups is 1. The zero-order valence-corrected chi connectivity index (χ0v) is 11.0. The van der Waals surface area contributed by atoms with E-state index in [9.17, 15) is 9.59 Å². The van der Waals surface area contributed by atoms with Crippen molar-refractivity contribution in [1.82, 2.24) is 5.32 Å². The van der Waals surface area contributed by atoms with E-state index in [1.165, 1.54) is 0 Å². The average Bonchev–Trinajstić information content (AvgIpc) is 2.35. The summed E-state index contributed by atoms with van der Waals surface area (Å²) in [7, 11) is 0. The number of nitrogens with two attached hydrogens (primary N) is 1. The van der Waals surface area contributed by atoms with Gasteiger partial charge < -0.3 is 11.1 Å². The fraction of sp³-hybridized carbons (Fsp3) is 0.308. The smallest absolute Gasteiger partial charge is 0.264 e. The van der Waals surface area contributed by atoms with E-state index >= 15 is 0 Å². The Morgan fingerprint density at radius 1 is 1.37 bits per heavy atom. The van der Waals surface area contributed by atoms with Crippen LogP contribution in [0.15, 0.2) is 29.3 Å². The quantitative estimate of drug-likeness (QED) is 0.813. The van der Waals surface area contributed by atoms with Gasteiger partial charge in [-0.05, 0) is 30.7 Å². The summed E-state index contributed by atoms with van der Waals surface area (Å²) < 4.78 is 0. The van der Waals surface area contributed by atoms with Gasteiger partial charge in [0.1, 0.15) is 11.8 Å². The van der Waals surface area contributed by atoms with Gasteiger partial charge >= 0.3 is 0 Å². The zero-order chi connectivity index (χ0) is 13.8. The van der Waals surface area contributed by atoms with Crippen LogP contribution in [0.4, 0.5) is 0 Å². The van der Waals surface area contributed by atoms with Crippen LogP contribution in [0.5, 0.6) is 0 Å². The molecule has 1 aromatic carbocycles. The molecule has 0 saturated heterocycles. The van der Waals surface area contributed by atoms with E-state index in [0.29, 0.717) is 35.8 Å². The first kappa shape index (κ1) is 13.7. The first-order chi connectivity index (χ1) is 9.11. The zero-order valence-electron chi connectivity index (χ0n) is 10.2. The molecule has 2 rings (SSSR count). The fourth-order valence-electron chi connectivity index (χ4n) is 1.92. The number of carbonyl (C=O) groups excluding carboxylic acids is 2. The van der Waals surface area contributed by atoms with E-state index in [-0.39, 0.29) is 5.91 Å². The van der Waals surface area contributed by atoms with Crippen molar-refractivity contribution in [3.8, 4) is 0 Å². The summed E-state index contributed by atoms with van der Waals surface area (Å²) in [6, 6.07) is 6.68. The number of hydrogen-bond donors (Lipinski definition) is 2. The second-order valence-electron chi connectivity index (χ2n) is 4.27. The first-order valence-electron chi connectivity index (χ1n) is 5.99. The predicted molar refractivity (Wildman–Crippen MR) is 73.1 cm³/mol. The second kappa shape index (κ2) is 5.95. The lowest BCUT2D eigenvalue weighted by atomic mass is 9.96. The molecule has 1 aliphatic rings. The van der Waals surface area contributed by atoms with Gasteiger partial charge in [-0.1, -0.05) is 23.7 Å². The third-order valence-electron chi connectivity index (χ3n) is 2.82. The Hall–Kier alpha value is -1.72. The van der Waals surface area contributed by atoms with Gasteiger partial charge in [0.15, 0.2) is 0 Å². The lowest BCUT2D eigenvalue weighted by Gasteiger charge is -2.20. The van der Waals surface area contributed by atoms with Crippen LogP contribution >= 0.6 is 11.6 Å². The molecule has 0 aliphatic carbocycles. The van der Waals surface area contributed by atoms with Gasteiger partial charge in [0.2, 0.25) is 5.91 Å². The largest absolute Gasteiger partial charge is 0.330 e. The average molecular weight is 280 g/mol. The summed E-state index contributed by atoms with van der Waals surface area (Å²) in [5.41, 5.74) is 5.94. The van der Waals surface area contributed by atoms with Crippen LogP contribution in [0.25, 0.3) is 0 Å². The second-order valence-corrected chi connectivity index (χ2v) is 4.70. The summed E-state index contributed by atoms with van der Waals surface area (Å²) in [4.78, 5) is 27.9. The van der Waals surface area contributed by atoms with Gasteiger partial charge in [0, 0.05) is 11.4 Å². The van der Waals surface area contributed by atoms with Crippen molar-refractivity contribution in [2.75, 3.05) is 6.54 Å². The highest BCUT2D eigenvalue weighted by atomic mass is 35.5. The summed E-state index contributed by atoms with van der Waals surface area (Å²) in [5.74, 6) is -1.36. The summed E-state index contributed by atoms with van der Waals surface area (Å²) in [5, 5.41) is 3.12. The summed E-state index contributed by atoms with van der Waals surface area (Å²) >= 11 is 5.86. The molecule has 0 radical (unpaired) electrons. The topological polar surface area (TPSA) is 84.5 Å². The van der Waals surface area contributed by atoms with E-state index in [4.69, 9.17) is 17.3 Å². The third kappa shape index (κ3) is 3.19. The third-order valence-corrected chi connectivity index (χ3v) is 3.06. The predicted octanol–water partition coefficient (Wildman–Crippen LogP) is 1.22. The van der Waals surface area contributed by atoms with Crippen LogP contribution in [-0.4, -0.2) is 24.2 Å². The van der Waals surface area contributed by atoms with Crippen molar-refractivity contribution in [1.29, 1.82) is 0 Å². The van der Waals surface area contributed by atoms with Gasteiger partial charge in [-0.25, -0.2) is 0 Å². The molecule has 0 saturated carbocycles. The van der Waals surface area contributed by atoms with Crippen LogP contribution in [0.1, 0.15) is 24.3 Å². The standard InChI is InChI=1S/C13H14ClN3O2/c14-9-4-1-3-8(7-9)11-12(18)16-10(5-2-6-15)17-13(11)19/h1,3-4,7,11H,2,5-6,15H2,(H,16,17,18,19). The van der Waals surface area contributed by atoms with Crippen LogP contribution in [-0.2, 0) is 9.59 Å². The van der Waals surface area contributed by atoms with E-state index in [1.54, 1.807) is 24.3 Å². The van der Waals surface area contributed by atoms with Crippen molar-refractivity contribution in [2.24, 2.45) is 10.7 Å². The maximum Gasteiger partial charge on any atom is 0.264 e. The number of carbonyl (C=O) groups is 2. The molecule has 5 nitrogen and oxygen atoms in total. The Morgan fingerprint density at radius 3 is 2.79 bits per heavy atom. The molecule has 0 spiro atoms. The van der Waals surface area contributed by atoms with Crippen LogP contribution < -0.4 is 11.1 Å². The van der Waals surface area contributed by atoms with Crippen molar-refractivity contribution in [3.05, 3.63) is 34.9 Å². The first-order valence-corrected chi connectivity index (χ1v) is 6.37. The molecule has 1 atom stereocenters.